The molecule has 0 unspecified atom stereocenters. The van der Waals surface area contributed by atoms with Gasteiger partial charge in [-0.25, -0.2) is 4.79 Å². The zero-order chi connectivity index (χ0) is 16.1. The number of halogens is 2. The SMILES string of the molecule is CCOC(=O)c1cc(Cl)c(Oc2ccc(OC)cc2)c(Cl)c1. The number of rotatable bonds is 5. The van der Waals surface area contributed by atoms with Crippen molar-refractivity contribution in [2.45, 2.75) is 6.92 Å². The third-order valence-corrected chi connectivity index (χ3v) is 3.35. The first-order valence-electron chi connectivity index (χ1n) is 6.53. The van der Waals surface area contributed by atoms with E-state index in [-0.39, 0.29) is 28.0 Å². The third kappa shape index (κ3) is 3.84. The minimum atomic E-state index is -0.484. The van der Waals surface area contributed by atoms with Crippen molar-refractivity contribution in [3.8, 4) is 17.2 Å². The summed E-state index contributed by atoms with van der Waals surface area (Å²) in [5.74, 6) is 1.06. The lowest BCUT2D eigenvalue weighted by Gasteiger charge is -2.11. The van der Waals surface area contributed by atoms with Crippen molar-refractivity contribution < 1.29 is 19.0 Å². The standard InChI is InChI=1S/C16H14Cl2O4/c1-3-21-16(19)10-8-13(17)15(14(18)9-10)22-12-6-4-11(20-2)5-7-12/h4-9H,3H2,1-2H3. The molecule has 22 heavy (non-hydrogen) atoms. The number of carbonyl (C=O) groups excluding carboxylic acids is 1. The van der Waals surface area contributed by atoms with Gasteiger partial charge in [-0.1, -0.05) is 23.2 Å². The fraction of sp³-hybridized carbons (Fsp3) is 0.188. The van der Waals surface area contributed by atoms with Gasteiger partial charge in [0.1, 0.15) is 11.5 Å². The minimum absolute atomic E-state index is 0.228. The van der Waals surface area contributed by atoms with E-state index in [0.717, 1.165) is 0 Å². The van der Waals surface area contributed by atoms with Crippen molar-refractivity contribution in [2.75, 3.05) is 13.7 Å². The molecule has 0 spiro atoms. The molecule has 2 aromatic carbocycles. The molecule has 0 bridgehead atoms. The maximum Gasteiger partial charge on any atom is 0.338 e. The van der Waals surface area contributed by atoms with Gasteiger partial charge in [-0.05, 0) is 43.3 Å². The number of ether oxygens (including phenoxy) is 3. The Morgan fingerprint density at radius 2 is 1.59 bits per heavy atom. The second kappa shape index (κ2) is 7.38. The minimum Gasteiger partial charge on any atom is -0.497 e. The molecular formula is C16H14Cl2O4. The van der Waals surface area contributed by atoms with Crippen LogP contribution in [0.15, 0.2) is 36.4 Å². The van der Waals surface area contributed by atoms with Crippen LogP contribution in [0.5, 0.6) is 17.2 Å². The van der Waals surface area contributed by atoms with E-state index in [0.29, 0.717) is 11.5 Å². The molecule has 0 atom stereocenters. The van der Waals surface area contributed by atoms with Crippen LogP contribution in [0.2, 0.25) is 10.0 Å². The van der Waals surface area contributed by atoms with E-state index in [4.69, 9.17) is 37.4 Å². The van der Waals surface area contributed by atoms with Gasteiger partial charge in [-0.15, -0.1) is 0 Å². The zero-order valence-electron chi connectivity index (χ0n) is 12.1. The Hall–Kier alpha value is -1.91. The number of methoxy groups -OCH3 is 1. The van der Waals surface area contributed by atoms with Crippen LogP contribution in [0.25, 0.3) is 0 Å². The third-order valence-electron chi connectivity index (χ3n) is 2.79. The molecule has 0 aliphatic carbocycles. The second-order valence-corrected chi connectivity index (χ2v) is 5.08. The molecule has 0 N–H and O–H groups in total. The smallest absolute Gasteiger partial charge is 0.338 e. The molecule has 2 rings (SSSR count). The van der Waals surface area contributed by atoms with Crippen molar-refractivity contribution in [1.82, 2.24) is 0 Å². The molecule has 0 fully saturated rings. The summed E-state index contributed by atoms with van der Waals surface area (Å²) in [6.45, 7) is 2.00. The lowest BCUT2D eigenvalue weighted by molar-refractivity contribution is 0.0526. The summed E-state index contributed by atoms with van der Waals surface area (Å²) >= 11 is 12.3. The van der Waals surface area contributed by atoms with Gasteiger partial charge in [0.2, 0.25) is 0 Å². The summed E-state index contributed by atoms with van der Waals surface area (Å²) in [5, 5.41) is 0.456. The summed E-state index contributed by atoms with van der Waals surface area (Å²) in [4.78, 5) is 11.7. The first kappa shape index (κ1) is 16.5. The lowest BCUT2D eigenvalue weighted by Crippen LogP contribution is -2.04. The van der Waals surface area contributed by atoms with Crippen LogP contribution >= 0.6 is 23.2 Å². The predicted octanol–water partition coefficient (Wildman–Crippen LogP) is 4.97. The fourth-order valence-electron chi connectivity index (χ4n) is 1.75. The number of hydrogen-bond acceptors (Lipinski definition) is 4. The number of benzene rings is 2. The Kier molecular flexibility index (Phi) is 5.52. The van der Waals surface area contributed by atoms with Gasteiger partial charge in [0.25, 0.3) is 0 Å². The average Bonchev–Trinajstić information content (AvgIpc) is 2.51. The molecule has 0 aromatic heterocycles. The van der Waals surface area contributed by atoms with Crippen molar-refractivity contribution >= 4 is 29.2 Å². The van der Waals surface area contributed by atoms with Crippen molar-refractivity contribution in [3.63, 3.8) is 0 Å². The Morgan fingerprint density at radius 3 is 2.09 bits per heavy atom. The molecule has 0 aliphatic rings. The van der Waals surface area contributed by atoms with Gasteiger partial charge < -0.3 is 14.2 Å². The highest BCUT2D eigenvalue weighted by atomic mass is 35.5. The summed E-state index contributed by atoms with van der Waals surface area (Å²) in [6.07, 6.45) is 0. The average molecular weight is 341 g/mol. The molecular weight excluding hydrogens is 327 g/mol. The van der Waals surface area contributed by atoms with Crippen LogP contribution < -0.4 is 9.47 Å². The van der Waals surface area contributed by atoms with E-state index in [1.54, 1.807) is 38.3 Å². The van der Waals surface area contributed by atoms with Crippen LogP contribution in [0.4, 0.5) is 0 Å². The highest BCUT2D eigenvalue weighted by Gasteiger charge is 2.15. The monoisotopic (exact) mass is 340 g/mol. The fourth-order valence-corrected chi connectivity index (χ4v) is 2.32. The predicted molar refractivity (Wildman–Crippen MR) is 85.5 cm³/mol. The normalized spacial score (nSPS) is 10.2. The largest absolute Gasteiger partial charge is 0.497 e. The van der Waals surface area contributed by atoms with Crippen LogP contribution in [0.1, 0.15) is 17.3 Å². The number of esters is 1. The van der Waals surface area contributed by atoms with Gasteiger partial charge in [0.05, 0.1) is 29.3 Å². The number of carbonyl (C=O) groups is 1. The molecule has 116 valence electrons. The zero-order valence-corrected chi connectivity index (χ0v) is 13.6. The molecule has 4 nitrogen and oxygen atoms in total. The number of hydrogen-bond donors (Lipinski definition) is 0. The van der Waals surface area contributed by atoms with Crippen molar-refractivity contribution in [1.29, 1.82) is 0 Å². The summed E-state index contributed by atoms with van der Waals surface area (Å²) in [6, 6.07) is 9.89. The van der Waals surface area contributed by atoms with Crippen molar-refractivity contribution in [2.24, 2.45) is 0 Å². The van der Waals surface area contributed by atoms with E-state index in [9.17, 15) is 4.79 Å². The van der Waals surface area contributed by atoms with Gasteiger partial charge in [-0.2, -0.15) is 0 Å². The molecule has 0 amide bonds. The quantitative estimate of drug-likeness (QED) is 0.720. The summed E-state index contributed by atoms with van der Waals surface area (Å²) in [5.41, 5.74) is 0.277. The topological polar surface area (TPSA) is 44.8 Å². The maximum atomic E-state index is 11.7. The Labute approximate surface area is 138 Å². The van der Waals surface area contributed by atoms with E-state index >= 15 is 0 Å². The van der Waals surface area contributed by atoms with E-state index in [1.165, 1.54) is 12.1 Å². The van der Waals surface area contributed by atoms with Gasteiger partial charge in [0, 0.05) is 0 Å². The molecule has 0 aliphatic heterocycles. The summed E-state index contributed by atoms with van der Waals surface area (Å²) in [7, 11) is 1.58. The Balaban J connectivity index is 2.25. The molecule has 0 saturated carbocycles. The second-order valence-electron chi connectivity index (χ2n) is 4.27. The highest BCUT2D eigenvalue weighted by Crippen LogP contribution is 2.37. The van der Waals surface area contributed by atoms with Crippen LogP contribution in [-0.2, 0) is 4.74 Å². The molecule has 2 aromatic rings. The molecule has 0 radical (unpaired) electrons. The van der Waals surface area contributed by atoms with Gasteiger partial charge in [-0.3, -0.25) is 0 Å². The van der Waals surface area contributed by atoms with Crippen LogP contribution in [0, 0.1) is 0 Å². The van der Waals surface area contributed by atoms with Gasteiger partial charge in [0.15, 0.2) is 5.75 Å². The van der Waals surface area contributed by atoms with E-state index in [1.807, 2.05) is 0 Å². The van der Waals surface area contributed by atoms with Crippen molar-refractivity contribution in [3.05, 3.63) is 52.0 Å². The van der Waals surface area contributed by atoms with Crippen LogP contribution in [0.3, 0.4) is 0 Å². The summed E-state index contributed by atoms with van der Waals surface area (Å²) < 4.78 is 15.6. The first-order valence-corrected chi connectivity index (χ1v) is 7.28. The molecule has 0 saturated heterocycles. The maximum absolute atomic E-state index is 11.7. The van der Waals surface area contributed by atoms with Crippen LogP contribution in [-0.4, -0.2) is 19.7 Å². The Morgan fingerprint density at radius 1 is 1.05 bits per heavy atom. The van der Waals surface area contributed by atoms with E-state index < -0.39 is 5.97 Å². The molecule has 0 heterocycles. The lowest BCUT2D eigenvalue weighted by atomic mass is 10.2. The molecule has 6 heteroatoms. The van der Waals surface area contributed by atoms with E-state index in [2.05, 4.69) is 0 Å². The Bertz CT molecular complexity index is 645. The van der Waals surface area contributed by atoms with Gasteiger partial charge >= 0.3 is 5.97 Å². The highest BCUT2D eigenvalue weighted by molar-refractivity contribution is 6.37. The first-order chi connectivity index (χ1) is 10.5.